The first-order chi connectivity index (χ1) is 6.38. The monoisotopic (exact) mass is 178 g/mol. The molecule has 0 aromatic carbocycles. The zero-order valence-corrected chi connectivity index (χ0v) is 8.51. The van der Waals surface area contributed by atoms with Crippen molar-refractivity contribution in [2.75, 3.05) is 6.54 Å². The second-order valence-electron chi connectivity index (χ2n) is 3.03. The summed E-state index contributed by atoms with van der Waals surface area (Å²) in [4.78, 5) is 1.56. The number of nitrogens with one attached hydrogen (secondary N) is 1. The Balaban J connectivity index is 0.000000671. The molecule has 0 fully saturated rings. The number of rotatable bonds is 4. The molecule has 1 heterocycles. The van der Waals surface area contributed by atoms with Crippen LogP contribution in [-0.4, -0.2) is 6.54 Å². The van der Waals surface area contributed by atoms with Gasteiger partial charge < -0.3 is 11.8 Å². The van der Waals surface area contributed by atoms with Crippen molar-refractivity contribution in [2.45, 2.75) is 33.1 Å². The first-order valence-electron chi connectivity index (χ1n) is 4.84. The molecule has 0 spiro atoms. The Bertz CT molecular complexity index is 201. The van der Waals surface area contributed by atoms with Crippen LogP contribution < -0.4 is 4.90 Å². The molecule has 0 amide bonds. The van der Waals surface area contributed by atoms with Crippen molar-refractivity contribution >= 4 is 0 Å². The van der Waals surface area contributed by atoms with Gasteiger partial charge in [0, 0.05) is 12.5 Å². The van der Waals surface area contributed by atoms with Crippen molar-refractivity contribution in [3.05, 3.63) is 30.6 Å². The lowest BCUT2D eigenvalue weighted by Crippen LogP contribution is -3.04. The average molecular weight is 178 g/mol. The van der Waals surface area contributed by atoms with Gasteiger partial charge in [-0.15, -0.1) is 0 Å². The predicted molar refractivity (Wildman–Crippen MR) is 53.2 cm³/mol. The molecule has 0 aromatic heterocycles. The minimum absolute atomic E-state index is 1.19. The Hall–Kier alpha value is -1.07. The van der Waals surface area contributed by atoms with E-state index in [0.29, 0.717) is 0 Å². The summed E-state index contributed by atoms with van der Waals surface area (Å²) in [5.74, 6) is 0. The highest BCUT2D eigenvalue weighted by atomic mass is 15.1. The molecule has 1 aliphatic heterocycles. The second-order valence-corrected chi connectivity index (χ2v) is 3.03. The van der Waals surface area contributed by atoms with Gasteiger partial charge in [-0.05, 0) is 12.5 Å². The average Bonchev–Trinajstić information content (AvgIpc) is 2.65. The van der Waals surface area contributed by atoms with Crippen LogP contribution in [0, 0.1) is 11.8 Å². The van der Waals surface area contributed by atoms with Gasteiger partial charge in [0.15, 0.2) is 0 Å². The number of hydrogen-bond donors (Lipinski definition) is 1. The van der Waals surface area contributed by atoms with Gasteiger partial charge in [-0.3, -0.25) is 4.90 Å². The summed E-state index contributed by atoms with van der Waals surface area (Å²) < 4.78 is 0. The summed E-state index contributed by atoms with van der Waals surface area (Å²) in [5.41, 5.74) is 1.54. The van der Waals surface area contributed by atoms with E-state index in [0.717, 1.165) is 0 Å². The van der Waals surface area contributed by atoms with E-state index in [-0.39, 0.29) is 0 Å². The molecular formula is C11H18N2. The van der Waals surface area contributed by atoms with Gasteiger partial charge in [0.2, 0.25) is 0 Å². The van der Waals surface area contributed by atoms with Gasteiger partial charge in [0.1, 0.15) is 5.70 Å². The summed E-state index contributed by atoms with van der Waals surface area (Å²) in [6, 6.07) is 0. The maximum atomic E-state index is 6.25. The summed E-state index contributed by atoms with van der Waals surface area (Å²) in [6.45, 7) is 10.5. The van der Waals surface area contributed by atoms with E-state index < -0.39 is 0 Å². The third-order valence-electron chi connectivity index (χ3n) is 2.19. The molecule has 13 heavy (non-hydrogen) atoms. The Morgan fingerprint density at radius 3 is 2.62 bits per heavy atom. The second kappa shape index (κ2) is 7.57. The van der Waals surface area contributed by atoms with Crippen LogP contribution in [0.1, 0.15) is 33.1 Å². The van der Waals surface area contributed by atoms with Crippen LogP contribution in [0.5, 0.6) is 0 Å². The number of nitrogens with zero attached hydrogens (tertiary/aromatic N) is 1. The third-order valence-corrected chi connectivity index (χ3v) is 2.19. The molecule has 0 aliphatic carbocycles. The van der Waals surface area contributed by atoms with Crippen molar-refractivity contribution < 1.29 is 4.90 Å². The first kappa shape index (κ1) is 11.9. The first-order valence-corrected chi connectivity index (χ1v) is 4.84. The topological polar surface area (TPSA) is 28.2 Å². The molecule has 0 bridgehead atoms. The van der Waals surface area contributed by atoms with Crippen LogP contribution >= 0.6 is 0 Å². The SMILES string of the molecule is CCCC[NH+]1C=CC=C1CC.[C-]#N. The molecule has 0 aromatic rings. The minimum Gasteiger partial charge on any atom is -0.512 e. The molecule has 0 saturated heterocycles. The molecule has 2 nitrogen and oxygen atoms in total. The highest BCUT2D eigenvalue weighted by molar-refractivity contribution is 5.09. The molecule has 1 atom stereocenters. The van der Waals surface area contributed by atoms with Crippen LogP contribution in [-0.2, 0) is 0 Å². The summed E-state index contributed by atoms with van der Waals surface area (Å²) in [6.07, 6.45) is 10.5. The Kier molecular flexibility index (Phi) is 6.95. The van der Waals surface area contributed by atoms with Gasteiger partial charge in [0.05, 0.1) is 12.7 Å². The van der Waals surface area contributed by atoms with E-state index in [2.05, 4.69) is 32.2 Å². The number of unbranched alkanes of at least 4 members (excludes halogenated alkanes) is 1. The largest absolute Gasteiger partial charge is 0.512 e. The van der Waals surface area contributed by atoms with E-state index >= 15 is 0 Å². The lowest BCUT2D eigenvalue weighted by molar-refractivity contribution is -0.804. The molecule has 2 heteroatoms. The quantitative estimate of drug-likeness (QED) is 0.651. The van der Waals surface area contributed by atoms with Gasteiger partial charge >= 0.3 is 0 Å². The van der Waals surface area contributed by atoms with Crippen LogP contribution in [0.2, 0.25) is 0 Å². The fraction of sp³-hybridized carbons (Fsp3) is 0.545. The molecular weight excluding hydrogens is 160 g/mol. The highest BCUT2D eigenvalue weighted by Gasteiger charge is 2.12. The van der Waals surface area contributed by atoms with E-state index in [4.69, 9.17) is 11.8 Å². The maximum absolute atomic E-state index is 6.25. The fourth-order valence-electron chi connectivity index (χ4n) is 1.45. The van der Waals surface area contributed by atoms with Crippen molar-refractivity contribution in [1.29, 1.82) is 5.26 Å². The zero-order chi connectivity index (χ0) is 10.1. The van der Waals surface area contributed by atoms with Crippen LogP contribution in [0.3, 0.4) is 0 Å². The van der Waals surface area contributed by atoms with Crippen molar-refractivity contribution in [1.82, 2.24) is 0 Å². The Morgan fingerprint density at radius 1 is 1.38 bits per heavy atom. The maximum Gasteiger partial charge on any atom is 0.112 e. The summed E-state index contributed by atoms with van der Waals surface area (Å²) in [7, 11) is 0. The summed E-state index contributed by atoms with van der Waals surface area (Å²) in [5, 5.41) is 6.25. The van der Waals surface area contributed by atoms with Crippen LogP contribution in [0.15, 0.2) is 24.0 Å². The van der Waals surface area contributed by atoms with Gasteiger partial charge in [-0.2, -0.15) is 0 Å². The van der Waals surface area contributed by atoms with E-state index in [1.165, 1.54) is 25.8 Å². The standard InChI is InChI=1S/C10H17N.CN/c1-3-5-8-11-9-6-7-10(11)4-2;1-2/h6-7,9H,3-5,8H2,1-2H3;/q;-1/p+1. The lowest BCUT2D eigenvalue weighted by Gasteiger charge is -2.11. The van der Waals surface area contributed by atoms with Gasteiger partial charge in [0.25, 0.3) is 0 Å². The Morgan fingerprint density at radius 2 is 2.08 bits per heavy atom. The molecule has 1 unspecified atom stereocenters. The number of quaternary nitrogens is 1. The van der Waals surface area contributed by atoms with Crippen LogP contribution in [0.4, 0.5) is 0 Å². The van der Waals surface area contributed by atoms with Gasteiger partial charge in [-0.1, -0.05) is 20.3 Å². The molecule has 0 radical (unpaired) electrons. The summed E-state index contributed by atoms with van der Waals surface area (Å²) >= 11 is 0. The predicted octanol–water partition coefficient (Wildman–Crippen LogP) is 1.59. The molecule has 1 aliphatic rings. The molecule has 0 saturated carbocycles. The van der Waals surface area contributed by atoms with Crippen molar-refractivity contribution in [2.24, 2.45) is 0 Å². The third kappa shape index (κ3) is 3.91. The normalized spacial score (nSPS) is 19.1. The van der Waals surface area contributed by atoms with Gasteiger partial charge in [-0.25, -0.2) is 0 Å². The number of allylic oxidation sites excluding steroid dienone is 3. The van der Waals surface area contributed by atoms with Crippen molar-refractivity contribution in [3.63, 3.8) is 0 Å². The highest BCUT2D eigenvalue weighted by Crippen LogP contribution is 1.96. The molecule has 1 N–H and O–H groups in total. The van der Waals surface area contributed by atoms with Crippen LogP contribution in [0.25, 0.3) is 0 Å². The molecule has 72 valence electrons. The zero-order valence-electron chi connectivity index (χ0n) is 8.51. The van der Waals surface area contributed by atoms with E-state index in [9.17, 15) is 0 Å². The smallest absolute Gasteiger partial charge is 0.112 e. The van der Waals surface area contributed by atoms with E-state index in [1.807, 2.05) is 0 Å². The Labute approximate surface area is 81.2 Å². The fourth-order valence-corrected chi connectivity index (χ4v) is 1.45. The van der Waals surface area contributed by atoms with Crippen molar-refractivity contribution in [3.8, 4) is 0 Å². The lowest BCUT2D eigenvalue weighted by atomic mass is 10.3. The van der Waals surface area contributed by atoms with E-state index in [1.54, 1.807) is 10.6 Å². The molecule has 1 rings (SSSR count). The number of hydrogen-bond acceptors (Lipinski definition) is 1. The minimum atomic E-state index is 1.19.